The Balaban J connectivity index is 2.26. The maximum Gasteiger partial charge on any atom is 0.244 e. The van der Waals surface area contributed by atoms with Gasteiger partial charge in [0.1, 0.15) is 10.6 Å². The Kier molecular flexibility index (Phi) is 5.39. The van der Waals surface area contributed by atoms with Gasteiger partial charge in [0.2, 0.25) is 10.0 Å². The van der Waals surface area contributed by atoms with Crippen molar-refractivity contribution in [2.24, 2.45) is 5.73 Å². The van der Waals surface area contributed by atoms with E-state index >= 15 is 0 Å². The molecule has 0 saturated heterocycles. The van der Waals surface area contributed by atoms with Crippen LogP contribution >= 0.6 is 27.3 Å². The van der Waals surface area contributed by atoms with Crippen LogP contribution in [0.4, 0.5) is 0 Å². The Hall–Kier alpha value is -0.930. The highest BCUT2D eigenvalue weighted by molar-refractivity contribution is 9.10. The van der Waals surface area contributed by atoms with E-state index in [2.05, 4.69) is 20.7 Å². The van der Waals surface area contributed by atoms with Crippen LogP contribution in [0, 0.1) is 0 Å². The van der Waals surface area contributed by atoms with Crippen LogP contribution in [0.15, 0.2) is 39.0 Å². The molecule has 0 atom stereocenters. The first-order chi connectivity index (χ1) is 9.96. The normalized spacial score (nSPS) is 11.6. The molecule has 0 fully saturated rings. The number of halogens is 1. The maximum atomic E-state index is 12.4. The first-order valence-electron chi connectivity index (χ1n) is 6.06. The number of methoxy groups -OCH3 is 1. The van der Waals surface area contributed by atoms with Crippen LogP contribution in [0.2, 0.25) is 0 Å². The minimum absolute atomic E-state index is 0.101. The van der Waals surface area contributed by atoms with Crippen molar-refractivity contribution in [1.29, 1.82) is 0 Å². The molecule has 114 valence electrons. The second kappa shape index (κ2) is 6.89. The highest BCUT2D eigenvalue weighted by Crippen LogP contribution is 2.25. The Morgan fingerprint density at radius 3 is 2.71 bits per heavy atom. The minimum Gasteiger partial charge on any atom is -0.495 e. The molecule has 0 bridgehead atoms. The summed E-state index contributed by atoms with van der Waals surface area (Å²) in [7, 11) is -2.23. The molecule has 0 aliphatic rings. The molecule has 0 saturated carbocycles. The van der Waals surface area contributed by atoms with Crippen LogP contribution in [0.3, 0.4) is 0 Å². The van der Waals surface area contributed by atoms with Crippen LogP contribution < -0.4 is 15.2 Å². The molecule has 1 heterocycles. The lowest BCUT2D eigenvalue weighted by Gasteiger charge is -2.11. The summed E-state index contributed by atoms with van der Waals surface area (Å²) in [5.41, 5.74) is 6.29. The lowest BCUT2D eigenvalue weighted by Crippen LogP contribution is -2.23. The summed E-state index contributed by atoms with van der Waals surface area (Å²) < 4.78 is 33.5. The third-order valence-electron chi connectivity index (χ3n) is 2.81. The van der Waals surface area contributed by atoms with Crippen molar-refractivity contribution < 1.29 is 13.2 Å². The molecule has 21 heavy (non-hydrogen) atoms. The molecular formula is C13H15BrN2O3S2. The van der Waals surface area contributed by atoms with Crippen molar-refractivity contribution in [1.82, 2.24) is 4.72 Å². The van der Waals surface area contributed by atoms with Crippen molar-refractivity contribution in [3.63, 3.8) is 0 Å². The monoisotopic (exact) mass is 390 g/mol. The second-order valence-corrected chi connectivity index (χ2v) is 7.89. The van der Waals surface area contributed by atoms with E-state index in [1.807, 2.05) is 11.4 Å². The summed E-state index contributed by atoms with van der Waals surface area (Å²) in [5.74, 6) is 0.298. The minimum atomic E-state index is -3.66. The van der Waals surface area contributed by atoms with Crippen LogP contribution in [0.25, 0.3) is 0 Å². The number of benzene rings is 1. The Morgan fingerprint density at radius 2 is 2.14 bits per heavy atom. The average Bonchev–Trinajstić information content (AvgIpc) is 2.90. The van der Waals surface area contributed by atoms with E-state index in [1.165, 1.54) is 24.5 Å². The largest absolute Gasteiger partial charge is 0.495 e. The molecule has 0 aliphatic heterocycles. The number of rotatable bonds is 6. The van der Waals surface area contributed by atoms with Gasteiger partial charge >= 0.3 is 0 Å². The zero-order valence-electron chi connectivity index (χ0n) is 11.3. The van der Waals surface area contributed by atoms with E-state index in [0.717, 1.165) is 14.9 Å². The molecule has 8 heteroatoms. The summed E-state index contributed by atoms with van der Waals surface area (Å²) in [6, 6.07) is 6.76. The van der Waals surface area contributed by atoms with Crippen LogP contribution in [0.5, 0.6) is 5.75 Å². The SMILES string of the molecule is COc1ccc(CN)cc1S(=O)(=O)NCc1cc(Br)cs1. The molecule has 0 radical (unpaired) electrons. The Bertz CT molecular complexity index is 729. The summed E-state index contributed by atoms with van der Waals surface area (Å²) in [6.45, 7) is 0.499. The van der Waals surface area contributed by atoms with Gasteiger partial charge in [-0.2, -0.15) is 0 Å². The lowest BCUT2D eigenvalue weighted by atomic mass is 10.2. The van der Waals surface area contributed by atoms with Gasteiger partial charge in [-0.1, -0.05) is 6.07 Å². The number of hydrogen-bond donors (Lipinski definition) is 2. The maximum absolute atomic E-state index is 12.4. The zero-order chi connectivity index (χ0) is 15.5. The fourth-order valence-corrected chi connectivity index (χ4v) is 4.45. The first kappa shape index (κ1) is 16.4. The molecule has 2 rings (SSSR count). The molecule has 0 amide bonds. The van der Waals surface area contributed by atoms with Crippen LogP contribution in [-0.2, 0) is 23.1 Å². The molecule has 5 nitrogen and oxygen atoms in total. The third-order valence-corrected chi connectivity index (χ3v) is 5.93. The van der Waals surface area contributed by atoms with E-state index in [-0.39, 0.29) is 18.0 Å². The van der Waals surface area contributed by atoms with Gasteiger partial charge in [0.05, 0.1) is 7.11 Å². The summed E-state index contributed by atoms with van der Waals surface area (Å²) in [4.78, 5) is 1.02. The molecule has 3 N–H and O–H groups in total. The van der Waals surface area contributed by atoms with Crippen molar-refractivity contribution in [2.45, 2.75) is 18.0 Å². The van der Waals surface area contributed by atoms with Crippen LogP contribution in [-0.4, -0.2) is 15.5 Å². The highest BCUT2D eigenvalue weighted by Gasteiger charge is 2.20. The van der Waals surface area contributed by atoms with Gasteiger partial charge < -0.3 is 10.5 Å². The van der Waals surface area contributed by atoms with Crippen molar-refractivity contribution in [3.8, 4) is 5.75 Å². The Labute approximate surface area is 136 Å². The first-order valence-corrected chi connectivity index (χ1v) is 9.21. The van der Waals surface area contributed by atoms with Crippen LogP contribution in [0.1, 0.15) is 10.4 Å². The van der Waals surface area contributed by atoms with Gasteiger partial charge in [0, 0.05) is 27.8 Å². The van der Waals surface area contributed by atoms with Gasteiger partial charge in [-0.25, -0.2) is 13.1 Å². The van der Waals surface area contributed by atoms with E-state index in [4.69, 9.17) is 10.5 Å². The van der Waals surface area contributed by atoms with E-state index in [0.29, 0.717) is 5.75 Å². The lowest BCUT2D eigenvalue weighted by molar-refractivity contribution is 0.402. The number of nitrogens with one attached hydrogen (secondary N) is 1. The number of ether oxygens (including phenoxy) is 1. The molecule has 1 aromatic carbocycles. The number of hydrogen-bond acceptors (Lipinski definition) is 5. The second-order valence-electron chi connectivity index (χ2n) is 4.25. The van der Waals surface area contributed by atoms with E-state index in [1.54, 1.807) is 12.1 Å². The zero-order valence-corrected chi connectivity index (χ0v) is 14.5. The quantitative estimate of drug-likeness (QED) is 0.793. The number of thiophene rings is 1. The summed E-state index contributed by atoms with van der Waals surface area (Å²) >= 11 is 4.82. The number of nitrogens with two attached hydrogens (primary N) is 1. The molecular weight excluding hydrogens is 376 g/mol. The molecule has 0 unspecified atom stereocenters. The summed E-state index contributed by atoms with van der Waals surface area (Å²) in [6.07, 6.45) is 0. The predicted octanol–water partition coefficient (Wildman–Crippen LogP) is 2.46. The molecule has 0 spiro atoms. The third kappa shape index (κ3) is 4.04. The van der Waals surface area contributed by atoms with E-state index < -0.39 is 10.0 Å². The molecule has 2 aromatic rings. The van der Waals surface area contributed by atoms with Gasteiger partial charge in [-0.3, -0.25) is 0 Å². The fraction of sp³-hybridized carbons (Fsp3) is 0.231. The summed E-state index contributed by atoms with van der Waals surface area (Å²) in [5, 5.41) is 1.90. The van der Waals surface area contributed by atoms with Crippen molar-refractivity contribution in [3.05, 3.63) is 44.6 Å². The average molecular weight is 391 g/mol. The van der Waals surface area contributed by atoms with E-state index in [9.17, 15) is 8.42 Å². The highest BCUT2D eigenvalue weighted by atomic mass is 79.9. The number of sulfonamides is 1. The van der Waals surface area contributed by atoms with Gasteiger partial charge in [-0.05, 0) is 39.7 Å². The fourth-order valence-electron chi connectivity index (χ4n) is 1.75. The van der Waals surface area contributed by atoms with Gasteiger partial charge in [0.15, 0.2) is 0 Å². The predicted molar refractivity (Wildman–Crippen MR) is 86.9 cm³/mol. The van der Waals surface area contributed by atoms with Gasteiger partial charge in [-0.15, -0.1) is 11.3 Å². The van der Waals surface area contributed by atoms with Gasteiger partial charge in [0.25, 0.3) is 0 Å². The van der Waals surface area contributed by atoms with Crippen molar-refractivity contribution >= 4 is 37.3 Å². The molecule has 0 aliphatic carbocycles. The Morgan fingerprint density at radius 1 is 1.38 bits per heavy atom. The molecule has 1 aromatic heterocycles. The smallest absolute Gasteiger partial charge is 0.244 e. The standard InChI is InChI=1S/C13H15BrN2O3S2/c1-19-12-3-2-9(6-15)4-13(12)21(17,18)16-7-11-5-10(14)8-20-11/h2-5,8,16H,6-7,15H2,1H3. The topological polar surface area (TPSA) is 81.4 Å². The van der Waals surface area contributed by atoms with Crippen molar-refractivity contribution in [2.75, 3.05) is 7.11 Å².